The lowest BCUT2D eigenvalue weighted by atomic mass is 10.3. The summed E-state index contributed by atoms with van der Waals surface area (Å²) in [6.45, 7) is 0.270. The third-order valence-corrected chi connectivity index (χ3v) is 3.98. The molecular formula is C15H15ClN2O3S. The molecule has 0 unspecified atom stereocenters. The Hall–Kier alpha value is -2.05. The standard InChI is InChI=1S/C15H15ClN2O3S/c1-21-12-5-4-10(9-11(12)16)18-14(19)6-7-17-15(20)13-3-2-8-22-13/h2-5,8-9H,6-7H2,1H3,(H,17,20)(H,18,19). The fourth-order valence-corrected chi connectivity index (χ4v) is 2.65. The van der Waals surface area contributed by atoms with Crippen LogP contribution >= 0.6 is 22.9 Å². The van der Waals surface area contributed by atoms with Crippen molar-refractivity contribution in [2.75, 3.05) is 19.0 Å². The number of methoxy groups -OCH3 is 1. The van der Waals surface area contributed by atoms with Crippen molar-refractivity contribution in [1.82, 2.24) is 5.32 Å². The van der Waals surface area contributed by atoms with Gasteiger partial charge >= 0.3 is 0 Å². The molecule has 0 saturated carbocycles. The van der Waals surface area contributed by atoms with Crippen molar-refractivity contribution < 1.29 is 14.3 Å². The molecule has 2 aromatic rings. The molecule has 116 valence electrons. The first kappa shape index (κ1) is 16.3. The topological polar surface area (TPSA) is 67.4 Å². The molecule has 1 heterocycles. The molecule has 1 aromatic carbocycles. The molecule has 1 aromatic heterocycles. The number of amides is 2. The predicted molar refractivity (Wildman–Crippen MR) is 87.9 cm³/mol. The first-order valence-electron chi connectivity index (χ1n) is 6.55. The molecule has 0 aliphatic heterocycles. The number of ether oxygens (including phenoxy) is 1. The minimum Gasteiger partial charge on any atom is -0.495 e. The molecule has 0 aliphatic rings. The van der Waals surface area contributed by atoms with Crippen molar-refractivity contribution in [3.8, 4) is 5.75 Å². The fourth-order valence-electron chi connectivity index (χ4n) is 1.75. The summed E-state index contributed by atoms with van der Waals surface area (Å²) in [5.74, 6) is 0.172. The van der Waals surface area contributed by atoms with Gasteiger partial charge in [-0.25, -0.2) is 0 Å². The summed E-state index contributed by atoms with van der Waals surface area (Å²) in [5, 5.41) is 7.66. The zero-order valence-corrected chi connectivity index (χ0v) is 13.5. The van der Waals surface area contributed by atoms with Crippen molar-refractivity contribution in [2.24, 2.45) is 0 Å². The van der Waals surface area contributed by atoms with Gasteiger partial charge in [0.05, 0.1) is 17.0 Å². The molecule has 0 atom stereocenters. The Labute approximate surface area is 137 Å². The Bertz CT molecular complexity index is 659. The number of halogens is 1. The summed E-state index contributed by atoms with van der Waals surface area (Å²) < 4.78 is 5.04. The molecule has 0 radical (unpaired) electrons. The Kier molecular flexibility index (Phi) is 5.80. The van der Waals surface area contributed by atoms with Crippen LogP contribution in [0.3, 0.4) is 0 Å². The van der Waals surface area contributed by atoms with Gasteiger partial charge in [-0.1, -0.05) is 17.7 Å². The van der Waals surface area contributed by atoms with E-state index in [1.54, 1.807) is 30.3 Å². The Morgan fingerprint density at radius 2 is 2.14 bits per heavy atom. The van der Waals surface area contributed by atoms with E-state index in [0.29, 0.717) is 21.3 Å². The van der Waals surface area contributed by atoms with E-state index in [4.69, 9.17) is 16.3 Å². The number of rotatable bonds is 6. The minimum absolute atomic E-state index is 0.171. The second-order valence-electron chi connectivity index (χ2n) is 4.38. The van der Waals surface area contributed by atoms with Crippen molar-refractivity contribution in [2.45, 2.75) is 6.42 Å². The third-order valence-electron chi connectivity index (χ3n) is 2.82. The summed E-state index contributed by atoms with van der Waals surface area (Å²) in [6.07, 6.45) is 0.181. The molecule has 5 nitrogen and oxygen atoms in total. The van der Waals surface area contributed by atoms with Crippen LogP contribution in [0.15, 0.2) is 35.7 Å². The Morgan fingerprint density at radius 1 is 1.32 bits per heavy atom. The summed E-state index contributed by atoms with van der Waals surface area (Å²) >= 11 is 7.34. The zero-order chi connectivity index (χ0) is 15.9. The second kappa shape index (κ2) is 7.82. The maximum Gasteiger partial charge on any atom is 0.261 e. The fraction of sp³-hybridized carbons (Fsp3) is 0.200. The first-order valence-corrected chi connectivity index (χ1v) is 7.81. The molecule has 0 spiro atoms. The van der Waals surface area contributed by atoms with Gasteiger partial charge in [0, 0.05) is 18.7 Å². The number of thiophene rings is 1. The van der Waals surface area contributed by atoms with Gasteiger partial charge in [-0.05, 0) is 29.6 Å². The first-order chi connectivity index (χ1) is 10.6. The quantitative estimate of drug-likeness (QED) is 0.850. The molecular weight excluding hydrogens is 324 g/mol. The normalized spacial score (nSPS) is 10.1. The van der Waals surface area contributed by atoms with Crippen molar-refractivity contribution >= 4 is 40.4 Å². The van der Waals surface area contributed by atoms with Crippen LogP contribution in [0.2, 0.25) is 5.02 Å². The zero-order valence-electron chi connectivity index (χ0n) is 11.9. The number of hydrogen-bond acceptors (Lipinski definition) is 4. The number of anilines is 1. The van der Waals surface area contributed by atoms with E-state index in [1.165, 1.54) is 18.4 Å². The van der Waals surface area contributed by atoms with Gasteiger partial charge in [-0.15, -0.1) is 11.3 Å². The van der Waals surface area contributed by atoms with Crippen LogP contribution in [0.4, 0.5) is 5.69 Å². The van der Waals surface area contributed by atoms with Gasteiger partial charge in [-0.3, -0.25) is 9.59 Å². The average Bonchev–Trinajstić information content (AvgIpc) is 3.01. The van der Waals surface area contributed by atoms with E-state index in [-0.39, 0.29) is 24.8 Å². The summed E-state index contributed by atoms with van der Waals surface area (Å²) in [5.41, 5.74) is 0.584. The highest BCUT2D eigenvalue weighted by Crippen LogP contribution is 2.27. The van der Waals surface area contributed by atoms with E-state index in [0.717, 1.165) is 0 Å². The maximum atomic E-state index is 11.8. The predicted octanol–water partition coefficient (Wildman–Crippen LogP) is 3.17. The van der Waals surface area contributed by atoms with Crippen molar-refractivity contribution in [3.05, 3.63) is 45.6 Å². The molecule has 22 heavy (non-hydrogen) atoms. The second-order valence-corrected chi connectivity index (χ2v) is 5.74. The highest BCUT2D eigenvalue weighted by molar-refractivity contribution is 7.12. The number of nitrogens with one attached hydrogen (secondary N) is 2. The number of hydrogen-bond donors (Lipinski definition) is 2. The van der Waals surface area contributed by atoms with Crippen LogP contribution < -0.4 is 15.4 Å². The van der Waals surface area contributed by atoms with Gasteiger partial charge in [0.1, 0.15) is 5.75 Å². The van der Waals surface area contributed by atoms with E-state index in [2.05, 4.69) is 10.6 Å². The highest BCUT2D eigenvalue weighted by Gasteiger charge is 2.08. The lowest BCUT2D eigenvalue weighted by molar-refractivity contribution is -0.116. The van der Waals surface area contributed by atoms with E-state index in [1.807, 2.05) is 5.38 Å². The monoisotopic (exact) mass is 338 g/mol. The van der Waals surface area contributed by atoms with Crippen LogP contribution in [0.1, 0.15) is 16.1 Å². The molecule has 0 saturated heterocycles. The largest absolute Gasteiger partial charge is 0.495 e. The molecule has 2 N–H and O–H groups in total. The van der Waals surface area contributed by atoms with Crippen molar-refractivity contribution in [1.29, 1.82) is 0 Å². The van der Waals surface area contributed by atoms with Gasteiger partial charge in [0.15, 0.2) is 0 Å². The van der Waals surface area contributed by atoms with E-state index >= 15 is 0 Å². The summed E-state index contributed by atoms with van der Waals surface area (Å²) in [4.78, 5) is 24.1. The van der Waals surface area contributed by atoms with Gasteiger partial charge in [0.2, 0.25) is 5.91 Å². The van der Waals surface area contributed by atoms with E-state index < -0.39 is 0 Å². The SMILES string of the molecule is COc1ccc(NC(=O)CCNC(=O)c2cccs2)cc1Cl. The van der Waals surface area contributed by atoms with Crippen LogP contribution in [0, 0.1) is 0 Å². The lowest BCUT2D eigenvalue weighted by Crippen LogP contribution is -2.27. The lowest BCUT2D eigenvalue weighted by Gasteiger charge is -2.08. The molecule has 2 amide bonds. The summed E-state index contributed by atoms with van der Waals surface area (Å²) in [7, 11) is 1.52. The molecule has 0 fully saturated rings. The third kappa shape index (κ3) is 4.47. The van der Waals surface area contributed by atoms with Crippen LogP contribution in [-0.4, -0.2) is 25.5 Å². The number of carbonyl (C=O) groups excluding carboxylic acids is 2. The van der Waals surface area contributed by atoms with E-state index in [9.17, 15) is 9.59 Å². The number of benzene rings is 1. The number of carbonyl (C=O) groups is 2. The van der Waals surface area contributed by atoms with Gasteiger partial charge in [-0.2, -0.15) is 0 Å². The minimum atomic E-state index is -0.201. The Balaban J connectivity index is 1.78. The smallest absolute Gasteiger partial charge is 0.261 e. The van der Waals surface area contributed by atoms with Gasteiger partial charge < -0.3 is 15.4 Å². The van der Waals surface area contributed by atoms with Gasteiger partial charge in [0.25, 0.3) is 5.91 Å². The van der Waals surface area contributed by atoms with Crippen molar-refractivity contribution in [3.63, 3.8) is 0 Å². The van der Waals surface area contributed by atoms with Crippen LogP contribution in [0.25, 0.3) is 0 Å². The van der Waals surface area contributed by atoms with Crippen LogP contribution in [-0.2, 0) is 4.79 Å². The highest BCUT2D eigenvalue weighted by atomic mass is 35.5. The summed E-state index contributed by atoms with van der Waals surface area (Å²) in [6, 6.07) is 8.53. The maximum absolute atomic E-state index is 11.8. The molecule has 7 heteroatoms. The Morgan fingerprint density at radius 3 is 2.77 bits per heavy atom. The molecule has 0 aliphatic carbocycles. The molecule has 2 rings (SSSR count). The molecule has 0 bridgehead atoms. The van der Waals surface area contributed by atoms with Crippen LogP contribution in [0.5, 0.6) is 5.75 Å². The average molecular weight is 339 g/mol.